The second kappa shape index (κ2) is 11.3. The predicted molar refractivity (Wildman–Crippen MR) is 113 cm³/mol. The number of halogens is 2. The minimum absolute atomic E-state index is 0. The summed E-state index contributed by atoms with van der Waals surface area (Å²) < 4.78 is 5.29. The fourth-order valence-electron chi connectivity index (χ4n) is 1.98. The third-order valence-electron chi connectivity index (χ3n) is 3.16. The van der Waals surface area contributed by atoms with Gasteiger partial charge in [0.25, 0.3) is 0 Å². The molecule has 0 aliphatic heterocycles. The van der Waals surface area contributed by atoms with E-state index in [9.17, 15) is 0 Å². The van der Waals surface area contributed by atoms with Crippen molar-refractivity contribution in [2.75, 3.05) is 19.6 Å². The monoisotopic (exact) mass is 477 g/mol. The quantitative estimate of drug-likeness (QED) is 0.361. The van der Waals surface area contributed by atoms with Gasteiger partial charge in [-0.05, 0) is 37.1 Å². The molecule has 1 heterocycles. The number of nitrogens with zero attached hydrogens (tertiary/aromatic N) is 3. The van der Waals surface area contributed by atoms with Gasteiger partial charge in [-0.2, -0.15) is 4.98 Å². The maximum absolute atomic E-state index is 5.88. The molecule has 2 rings (SSSR count). The number of hydrogen-bond donors (Lipinski definition) is 2. The molecule has 0 atom stereocenters. The van der Waals surface area contributed by atoms with E-state index in [1.165, 1.54) is 0 Å². The molecule has 0 aliphatic rings. The Morgan fingerprint density at radius 1 is 1.24 bits per heavy atom. The molecule has 6 nitrogen and oxygen atoms in total. The van der Waals surface area contributed by atoms with Crippen molar-refractivity contribution in [3.63, 3.8) is 0 Å². The van der Waals surface area contributed by atoms with Crippen molar-refractivity contribution in [2.45, 2.75) is 27.2 Å². The van der Waals surface area contributed by atoms with Crippen LogP contribution in [0.15, 0.2) is 33.8 Å². The fourth-order valence-corrected chi connectivity index (χ4v) is 2.10. The molecule has 0 fully saturated rings. The molecule has 0 bridgehead atoms. The summed E-state index contributed by atoms with van der Waals surface area (Å²) >= 11 is 5.88. The van der Waals surface area contributed by atoms with E-state index in [0.29, 0.717) is 35.6 Å². The maximum atomic E-state index is 5.88. The number of aliphatic imine (C=N–C) groups is 1. The summed E-state index contributed by atoms with van der Waals surface area (Å²) in [7, 11) is 0. The van der Waals surface area contributed by atoms with Crippen LogP contribution >= 0.6 is 35.6 Å². The van der Waals surface area contributed by atoms with E-state index in [-0.39, 0.29) is 24.0 Å². The van der Waals surface area contributed by atoms with Crippen molar-refractivity contribution < 1.29 is 4.52 Å². The molecule has 0 aliphatic carbocycles. The van der Waals surface area contributed by atoms with Gasteiger partial charge in [-0.25, -0.2) is 0 Å². The van der Waals surface area contributed by atoms with Crippen LogP contribution in [0, 0.1) is 5.92 Å². The molecule has 2 aromatic rings. The Hall–Kier alpha value is -1.35. The highest BCUT2D eigenvalue weighted by molar-refractivity contribution is 14.0. The normalized spacial score (nSPS) is 11.3. The Bertz CT molecular complexity index is 657. The Labute approximate surface area is 170 Å². The first kappa shape index (κ1) is 21.7. The number of guanidine groups is 1. The predicted octanol–water partition coefficient (Wildman–Crippen LogP) is 3.76. The highest BCUT2D eigenvalue weighted by Crippen LogP contribution is 2.18. The molecular formula is C17H25ClIN5O. The third kappa shape index (κ3) is 7.60. The van der Waals surface area contributed by atoms with Gasteiger partial charge in [0.05, 0.1) is 0 Å². The Balaban J connectivity index is 0.00000312. The lowest BCUT2D eigenvalue weighted by atomic mass is 10.2. The summed E-state index contributed by atoms with van der Waals surface area (Å²) in [5, 5.41) is 11.2. The van der Waals surface area contributed by atoms with Gasteiger partial charge < -0.3 is 15.2 Å². The van der Waals surface area contributed by atoms with Gasteiger partial charge in [-0.1, -0.05) is 30.6 Å². The number of rotatable bonds is 7. The van der Waals surface area contributed by atoms with Crippen LogP contribution in [0.1, 0.15) is 26.7 Å². The van der Waals surface area contributed by atoms with Gasteiger partial charge in [0.1, 0.15) is 0 Å². The van der Waals surface area contributed by atoms with Crippen LogP contribution in [0.2, 0.25) is 5.02 Å². The summed E-state index contributed by atoms with van der Waals surface area (Å²) in [6.45, 7) is 8.62. The zero-order valence-corrected chi connectivity index (χ0v) is 17.8. The lowest BCUT2D eigenvalue weighted by Crippen LogP contribution is -2.38. The average molecular weight is 478 g/mol. The summed E-state index contributed by atoms with van der Waals surface area (Å²) in [6.07, 6.45) is 0.632. The SMILES string of the molecule is CCNC(=NCC(C)C)NCCc1nc(-c2ccc(Cl)cc2)no1.I. The van der Waals surface area contributed by atoms with Gasteiger partial charge in [0, 0.05) is 36.6 Å². The molecule has 0 saturated carbocycles. The lowest BCUT2D eigenvalue weighted by Gasteiger charge is -2.10. The summed E-state index contributed by atoms with van der Waals surface area (Å²) in [6, 6.07) is 7.36. The molecule has 0 radical (unpaired) electrons. The molecule has 0 spiro atoms. The molecular weight excluding hydrogens is 453 g/mol. The van der Waals surface area contributed by atoms with Crippen LogP contribution < -0.4 is 10.6 Å². The Morgan fingerprint density at radius 2 is 1.96 bits per heavy atom. The average Bonchev–Trinajstić information content (AvgIpc) is 3.02. The lowest BCUT2D eigenvalue weighted by molar-refractivity contribution is 0.378. The largest absolute Gasteiger partial charge is 0.357 e. The van der Waals surface area contributed by atoms with E-state index >= 15 is 0 Å². The molecule has 8 heteroatoms. The number of aromatic nitrogens is 2. The summed E-state index contributed by atoms with van der Waals surface area (Å²) in [4.78, 5) is 8.93. The van der Waals surface area contributed by atoms with E-state index in [1.807, 2.05) is 31.2 Å². The molecule has 1 aromatic heterocycles. The maximum Gasteiger partial charge on any atom is 0.228 e. The van der Waals surface area contributed by atoms with Gasteiger partial charge >= 0.3 is 0 Å². The Morgan fingerprint density at radius 3 is 2.60 bits per heavy atom. The summed E-state index contributed by atoms with van der Waals surface area (Å²) in [5.41, 5.74) is 0.884. The van der Waals surface area contributed by atoms with Crippen molar-refractivity contribution in [1.82, 2.24) is 20.8 Å². The highest BCUT2D eigenvalue weighted by Gasteiger charge is 2.08. The van der Waals surface area contributed by atoms with E-state index in [4.69, 9.17) is 16.1 Å². The molecule has 0 amide bonds. The van der Waals surface area contributed by atoms with Crippen molar-refractivity contribution in [2.24, 2.45) is 10.9 Å². The van der Waals surface area contributed by atoms with Crippen molar-refractivity contribution in [1.29, 1.82) is 0 Å². The van der Waals surface area contributed by atoms with Gasteiger partial charge in [-0.15, -0.1) is 24.0 Å². The van der Waals surface area contributed by atoms with E-state index in [1.54, 1.807) is 0 Å². The number of nitrogens with one attached hydrogen (secondary N) is 2. The first-order chi connectivity index (χ1) is 11.6. The zero-order chi connectivity index (χ0) is 17.4. The molecule has 138 valence electrons. The van der Waals surface area contributed by atoms with Crippen LogP contribution in [0.25, 0.3) is 11.4 Å². The number of benzene rings is 1. The highest BCUT2D eigenvalue weighted by atomic mass is 127. The van der Waals surface area contributed by atoms with Crippen LogP contribution in [0.3, 0.4) is 0 Å². The summed E-state index contributed by atoms with van der Waals surface area (Å²) in [5.74, 6) is 2.50. The van der Waals surface area contributed by atoms with Crippen LogP contribution in [-0.2, 0) is 6.42 Å². The van der Waals surface area contributed by atoms with Crippen molar-refractivity contribution in [3.8, 4) is 11.4 Å². The smallest absolute Gasteiger partial charge is 0.228 e. The second-order valence-electron chi connectivity index (χ2n) is 5.81. The van der Waals surface area contributed by atoms with Crippen LogP contribution in [-0.4, -0.2) is 35.7 Å². The second-order valence-corrected chi connectivity index (χ2v) is 6.25. The zero-order valence-electron chi connectivity index (χ0n) is 14.8. The topological polar surface area (TPSA) is 75.3 Å². The van der Waals surface area contributed by atoms with Gasteiger partial charge in [-0.3, -0.25) is 4.99 Å². The Kier molecular flexibility index (Phi) is 9.81. The van der Waals surface area contributed by atoms with Crippen molar-refractivity contribution >= 4 is 41.5 Å². The molecule has 1 aromatic carbocycles. The van der Waals surface area contributed by atoms with E-state index < -0.39 is 0 Å². The third-order valence-corrected chi connectivity index (χ3v) is 3.41. The fraction of sp³-hybridized carbons (Fsp3) is 0.471. The molecule has 2 N–H and O–H groups in total. The first-order valence-corrected chi connectivity index (χ1v) is 8.57. The van der Waals surface area contributed by atoms with Gasteiger partial charge in [0.2, 0.25) is 11.7 Å². The molecule has 0 saturated heterocycles. The van der Waals surface area contributed by atoms with Crippen LogP contribution in [0.4, 0.5) is 0 Å². The van der Waals surface area contributed by atoms with E-state index in [2.05, 4.69) is 39.6 Å². The van der Waals surface area contributed by atoms with Crippen LogP contribution in [0.5, 0.6) is 0 Å². The van der Waals surface area contributed by atoms with Crippen molar-refractivity contribution in [3.05, 3.63) is 35.2 Å². The standard InChI is InChI=1S/C17H24ClN5O.HI/c1-4-19-17(21-11-12(2)3)20-10-9-15-22-16(23-24-15)13-5-7-14(18)8-6-13;/h5-8,12H,4,9-11H2,1-3H3,(H2,19,20,21);1H. The molecule has 0 unspecified atom stereocenters. The first-order valence-electron chi connectivity index (χ1n) is 8.19. The van der Waals surface area contributed by atoms with Gasteiger partial charge in [0.15, 0.2) is 5.96 Å². The van der Waals surface area contributed by atoms with E-state index in [0.717, 1.165) is 24.6 Å². The molecule has 25 heavy (non-hydrogen) atoms. The minimum atomic E-state index is 0. The minimum Gasteiger partial charge on any atom is -0.357 e. The number of hydrogen-bond acceptors (Lipinski definition) is 4.